The van der Waals surface area contributed by atoms with Crippen LogP contribution in [0.5, 0.6) is 0 Å². The molecule has 0 saturated heterocycles. The Morgan fingerprint density at radius 2 is 2.30 bits per heavy atom. The molecule has 0 aliphatic heterocycles. The molecular formula is C13H19N5S2. The largest absolute Gasteiger partial charge is 0.329 e. The molecule has 1 saturated carbocycles. The molecule has 20 heavy (non-hydrogen) atoms. The van der Waals surface area contributed by atoms with Crippen molar-refractivity contribution in [1.82, 2.24) is 20.2 Å². The van der Waals surface area contributed by atoms with Crippen LogP contribution in [0.4, 0.5) is 0 Å². The smallest absolute Gasteiger partial charge is 0.210 e. The third-order valence-electron chi connectivity index (χ3n) is 3.79. The lowest BCUT2D eigenvalue weighted by Crippen LogP contribution is -2.12. The van der Waals surface area contributed by atoms with Crippen molar-refractivity contribution in [3.8, 4) is 0 Å². The molecule has 0 amide bonds. The molecule has 7 heteroatoms. The minimum absolute atomic E-state index is 0.237. The summed E-state index contributed by atoms with van der Waals surface area (Å²) >= 11 is 3.46. The maximum atomic E-state index is 5.96. The molecule has 2 aromatic rings. The van der Waals surface area contributed by atoms with Crippen molar-refractivity contribution in [2.45, 2.75) is 49.1 Å². The van der Waals surface area contributed by atoms with Gasteiger partial charge in [0.25, 0.3) is 0 Å². The summed E-state index contributed by atoms with van der Waals surface area (Å²) in [7, 11) is 0. The normalized spacial score (nSPS) is 17.7. The highest BCUT2D eigenvalue weighted by molar-refractivity contribution is 7.99. The Morgan fingerprint density at radius 1 is 1.50 bits per heavy atom. The van der Waals surface area contributed by atoms with E-state index >= 15 is 0 Å². The molecule has 1 atom stereocenters. The molecule has 2 heterocycles. The van der Waals surface area contributed by atoms with Crippen LogP contribution in [-0.2, 0) is 0 Å². The van der Waals surface area contributed by atoms with Gasteiger partial charge in [-0.05, 0) is 47.2 Å². The first-order valence-electron chi connectivity index (χ1n) is 6.98. The molecule has 3 rings (SSSR count). The molecular weight excluding hydrogens is 290 g/mol. The number of rotatable bonds is 5. The summed E-state index contributed by atoms with van der Waals surface area (Å²) in [5, 5.41) is 15.5. The van der Waals surface area contributed by atoms with E-state index in [0.717, 1.165) is 5.16 Å². The Morgan fingerprint density at radius 3 is 2.95 bits per heavy atom. The number of thioether (sulfide) groups is 1. The van der Waals surface area contributed by atoms with Gasteiger partial charge in [0.05, 0.1) is 11.3 Å². The van der Waals surface area contributed by atoms with Crippen LogP contribution in [0.1, 0.15) is 47.4 Å². The van der Waals surface area contributed by atoms with E-state index in [4.69, 9.17) is 5.73 Å². The molecule has 0 radical (unpaired) electrons. The zero-order valence-electron chi connectivity index (χ0n) is 11.5. The molecule has 1 aliphatic carbocycles. The zero-order valence-corrected chi connectivity index (χ0v) is 13.2. The summed E-state index contributed by atoms with van der Waals surface area (Å²) in [5.74, 6) is 0. The van der Waals surface area contributed by atoms with Crippen LogP contribution >= 0.6 is 23.1 Å². The Hall–Kier alpha value is -0.920. The second-order valence-corrected chi connectivity index (χ2v) is 7.27. The SMILES string of the molecule is Cc1ccsc1C(CN)Sc1nnnn1C1CCCC1. The summed E-state index contributed by atoms with van der Waals surface area (Å²) in [6, 6.07) is 2.61. The van der Waals surface area contributed by atoms with Crippen LogP contribution in [0.2, 0.25) is 0 Å². The number of aromatic nitrogens is 4. The van der Waals surface area contributed by atoms with Gasteiger partial charge in [0.2, 0.25) is 5.16 Å². The minimum atomic E-state index is 0.237. The van der Waals surface area contributed by atoms with Gasteiger partial charge in [-0.15, -0.1) is 16.4 Å². The van der Waals surface area contributed by atoms with E-state index in [-0.39, 0.29) is 5.25 Å². The van der Waals surface area contributed by atoms with E-state index in [0.29, 0.717) is 12.6 Å². The molecule has 2 aromatic heterocycles. The highest BCUT2D eigenvalue weighted by Gasteiger charge is 2.24. The third-order valence-corrected chi connectivity index (χ3v) is 6.26. The quantitative estimate of drug-likeness (QED) is 0.860. The molecule has 1 fully saturated rings. The third kappa shape index (κ3) is 2.75. The van der Waals surface area contributed by atoms with E-state index in [9.17, 15) is 0 Å². The lowest BCUT2D eigenvalue weighted by atomic mass is 10.2. The molecule has 0 bridgehead atoms. The minimum Gasteiger partial charge on any atom is -0.329 e. The lowest BCUT2D eigenvalue weighted by Gasteiger charge is -2.15. The maximum absolute atomic E-state index is 5.96. The molecule has 108 valence electrons. The summed E-state index contributed by atoms with van der Waals surface area (Å²) in [4.78, 5) is 1.33. The fourth-order valence-electron chi connectivity index (χ4n) is 2.69. The van der Waals surface area contributed by atoms with Gasteiger partial charge in [-0.3, -0.25) is 0 Å². The van der Waals surface area contributed by atoms with Gasteiger partial charge >= 0.3 is 0 Å². The highest BCUT2D eigenvalue weighted by Crippen LogP contribution is 2.39. The Bertz CT molecular complexity index is 559. The number of nitrogens with two attached hydrogens (primary N) is 1. The summed E-state index contributed by atoms with van der Waals surface area (Å²) in [6.07, 6.45) is 4.92. The first-order valence-corrected chi connectivity index (χ1v) is 8.74. The van der Waals surface area contributed by atoms with Crippen molar-refractivity contribution in [2.24, 2.45) is 5.73 Å². The lowest BCUT2D eigenvalue weighted by molar-refractivity contribution is 0.422. The molecule has 0 aromatic carbocycles. The number of nitrogens with zero attached hydrogens (tertiary/aromatic N) is 4. The highest BCUT2D eigenvalue weighted by atomic mass is 32.2. The average Bonchev–Trinajstić information content (AvgIpc) is 3.17. The number of aryl methyl sites for hydroxylation is 1. The Labute approximate surface area is 126 Å². The Kier molecular flexibility index (Phi) is 4.38. The summed E-state index contributed by atoms with van der Waals surface area (Å²) in [5.41, 5.74) is 7.26. The number of tetrazole rings is 1. The van der Waals surface area contributed by atoms with Crippen LogP contribution in [0.15, 0.2) is 16.6 Å². The van der Waals surface area contributed by atoms with E-state index in [1.54, 1.807) is 23.1 Å². The van der Waals surface area contributed by atoms with Gasteiger partial charge in [-0.25, -0.2) is 4.68 Å². The van der Waals surface area contributed by atoms with E-state index < -0.39 is 0 Å². The fourth-order valence-corrected chi connectivity index (χ4v) is 4.94. The molecule has 5 nitrogen and oxygen atoms in total. The van der Waals surface area contributed by atoms with E-state index in [1.165, 1.54) is 36.1 Å². The second-order valence-electron chi connectivity index (χ2n) is 5.15. The van der Waals surface area contributed by atoms with Gasteiger partial charge in [0.15, 0.2) is 0 Å². The monoisotopic (exact) mass is 309 g/mol. The Balaban J connectivity index is 1.80. The second kappa shape index (κ2) is 6.24. The predicted molar refractivity (Wildman–Crippen MR) is 82.0 cm³/mol. The van der Waals surface area contributed by atoms with Crippen LogP contribution in [0.3, 0.4) is 0 Å². The van der Waals surface area contributed by atoms with Crippen molar-refractivity contribution >= 4 is 23.1 Å². The van der Waals surface area contributed by atoms with Crippen LogP contribution in [0, 0.1) is 6.92 Å². The van der Waals surface area contributed by atoms with Crippen LogP contribution in [0.25, 0.3) is 0 Å². The number of thiophene rings is 1. The predicted octanol–water partition coefficient (Wildman–Crippen LogP) is 2.95. The van der Waals surface area contributed by atoms with Crippen LogP contribution < -0.4 is 5.73 Å². The zero-order chi connectivity index (χ0) is 13.9. The van der Waals surface area contributed by atoms with Crippen molar-refractivity contribution in [2.75, 3.05) is 6.54 Å². The molecule has 1 aliphatic rings. The number of hydrogen-bond donors (Lipinski definition) is 1. The van der Waals surface area contributed by atoms with Gasteiger partial charge in [0, 0.05) is 11.4 Å². The topological polar surface area (TPSA) is 69.6 Å². The maximum Gasteiger partial charge on any atom is 0.210 e. The first-order chi connectivity index (χ1) is 9.79. The standard InChI is InChI=1S/C13H19N5S2/c1-9-6-7-19-12(9)11(8-14)20-13-15-16-17-18(13)10-4-2-3-5-10/h6-7,10-11H,2-5,8,14H2,1H3. The van der Waals surface area contributed by atoms with Gasteiger partial charge in [-0.1, -0.05) is 24.6 Å². The van der Waals surface area contributed by atoms with Crippen molar-refractivity contribution < 1.29 is 0 Å². The van der Waals surface area contributed by atoms with Gasteiger partial charge < -0.3 is 5.73 Å². The van der Waals surface area contributed by atoms with Gasteiger partial charge in [-0.2, -0.15) is 0 Å². The first kappa shape index (κ1) is 14.0. The fraction of sp³-hybridized carbons (Fsp3) is 0.615. The van der Waals surface area contributed by atoms with E-state index in [2.05, 4.69) is 33.9 Å². The number of hydrogen-bond acceptors (Lipinski definition) is 6. The van der Waals surface area contributed by atoms with Crippen LogP contribution in [-0.4, -0.2) is 26.8 Å². The average molecular weight is 309 g/mol. The molecule has 1 unspecified atom stereocenters. The molecule has 2 N–H and O–H groups in total. The summed E-state index contributed by atoms with van der Waals surface area (Å²) in [6.45, 7) is 2.73. The van der Waals surface area contributed by atoms with Crippen molar-refractivity contribution in [3.63, 3.8) is 0 Å². The van der Waals surface area contributed by atoms with Crippen molar-refractivity contribution in [3.05, 3.63) is 21.9 Å². The van der Waals surface area contributed by atoms with Gasteiger partial charge in [0.1, 0.15) is 0 Å². The summed E-state index contributed by atoms with van der Waals surface area (Å²) < 4.78 is 2.00. The molecule has 0 spiro atoms. The van der Waals surface area contributed by atoms with E-state index in [1.807, 2.05) is 4.68 Å². The van der Waals surface area contributed by atoms with Crippen molar-refractivity contribution in [1.29, 1.82) is 0 Å².